The fourth-order valence-electron chi connectivity index (χ4n) is 3.81. The van der Waals surface area contributed by atoms with Gasteiger partial charge in [0.15, 0.2) is 0 Å². The van der Waals surface area contributed by atoms with Crippen LogP contribution < -0.4 is 5.32 Å². The van der Waals surface area contributed by atoms with Crippen LogP contribution in [0.15, 0.2) is 73.1 Å². The zero-order chi connectivity index (χ0) is 21.8. The zero-order valence-corrected chi connectivity index (χ0v) is 17.6. The first-order valence-electron chi connectivity index (χ1n) is 10.6. The van der Waals surface area contributed by atoms with Gasteiger partial charge in [0, 0.05) is 43.0 Å². The number of anilines is 1. The van der Waals surface area contributed by atoms with E-state index in [2.05, 4.69) is 20.2 Å². The minimum absolute atomic E-state index is 0.234. The average molecular weight is 425 g/mol. The van der Waals surface area contributed by atoms with Crippen molar-refractivity contribution in [1.29, 1.82) is 0 Å². The van der Waals surface area contributed by atoms with Crippen LogP contribution in [-0.2, 0) is 11.3 Å². The van der Waals surface area contributed by atoms with Gasteiger partial charge < -0.3 is 10.1 Å². The van der Waals surface area contributed by atoms with Gasteiger partial charge in [-0.1, -0.05) is 24.3 Å². The van der Waals surface area contributed by atoms with E-state index in [1.165, 1.54) is 0 Å². The lowest BCUT2D eigenvalue weighted by atomic mass is 10.1. The van der Waals surface area contributed by atoms with Gasteiger partial charge in [0.1, 0.15) is 5.82 Å². The maximum Gasteiger partial charge on any atom is 0.259 e. The second-order valence-electron chi connectivity index (χ2n) is 7.67. The van der Waals surface area contributed by atoms with Crippen LogP contribution in [0.1, 0.15) is 16.1 Å². The van der Waals surface area contributed by atoms with Gasteiger partial charge in [0.25, 0.3) is 5.91 Å². The minimum atomic E-state index is -0.234. The fraction of sp³-hybridized carbons (Fsp3) is 0.200. The normalized spacial score (nSPS) is 14.4. The largest absolute Gasteiger partial charge is 0.379 e. The molecule has 7 heteroatoms. The number of aromatic nitrogens is 3. The van der Waals surface area contributed by atoms with Gasteiger partial charge in [-0.15, -0.1) is 0 Å². The molecule has 0 bridgehead atoms. The lowest BCUT2D eigenvalue weighted by Gasteiger charge is -2.26. The van der Waals surface area contributed by atoms with Gasteiger partial charge in [-0.05, 0) is 36.4 Å². The van der Waals surface area contributed by atoms with E-state index in [0.717, 1.165) is 55.2 Å². The Hall–Kier alpha value is -3.68. The Morgan fingerprint density at radius 1 is 0.969 bits per heavy atom. The maximum absolute atomic E-state index is 13.1. The third-order valence-electron chi connectivity index (χ3n) is 5.46. The Balaban J connectivity index is 1.39. The Labute approximate surface area is 186 Å². The first kappa shape index (κ1) is 20.2. The second-order valence-corrected chi connectivity index (χ2v) is 7.67. The van der Waals surface area contributed by atoms with Crippen molar-refractivity contribution in [3.8, 4) is 11.3 Å². The molecule has 1 saturated heterocycles. The van der Waals surface area contributed by atoms with Crippen LogP contribution in [0.4, 0.5) is 5.82 Å². The molecule has 1 fully saturated rings. The van der Waals surface area contributed by atoms with Crippen molar-refractivity contribution in [2.24, 2.45) is 0 Å². The van der Waals surface area contributed by atoms with Crippen LogP contribution in [0, 0.1) is 0 Å². The number of carbonyl (C=O) groups is 1. The van der Waals surface area contributed by atoms with E-state index in [0.29, 0.717) is 16.9 Å². The summed E-state index contributed by atoms with van der Waals surface area (Å²) in [6, 6.07) is 19.0. The van der Waals surface area contributed by atoms with E-state index in [9.17, 15) is 4.79 Å². The number of para-hydroxylation sites is 1. The molecule has 1 aliphatic rings. The molecule has 0 radical (unpaired) electrons. The van der Waals surface area contributed by atoms with Crippen LogP contribution in [0.25, 0.3) is 22.2 Å². The van der Waals surface area contributed by atoms with Crippen molar-refractivity contribution in [3.63, 3.8) is 0 Å². The summed E-state index contributed by atoms with van der Waals surface area (Å²) < 4.78 is 5.41. The molecule has 0 saturated carbocycles. The average Bonchev–Trinajstić information content (AvgIpc) is 2.85. The van der Waals surface area contributed by atoms with E-state index in [4.69, 9.17) is 9.72 Å². The highest BCUT2D eigenvalue weighted by Gasteiger charge is 2.15. The molecule has 1 amide bonds. The molecule has 0 aliphatic carbocycles. The van der Waals surface area contributed by atoms with Crippen molar-refractivity contribution >= 4 is 22.6 Å². The number of benzene rings is 1. The van der Waals surface area contributed by atoms with Crippen molar-refractivity contribution in [1.82, 2.24) is 19.9 Å². The van der Waals surface area contributed by atoms with Gasteiger partial charge in [0.2, 0.25) is 0 Å². The molecular formula is C25H23N5O2. The molecule has 1 aliphatic heterocycles. The summed E-state index contributed by atoms with van der Waals surface area (Å²) in [5.41, 5.74) is 3.75. The number of amides is 1. The zero-order valence-electron chi connectivity index (χ0n) is 17.6. The number of hydrogen-bond acceptors (Lipinski definition) is 6. The predicted molar refractivity (Wildman–Crippen MR) is 123 cm³/mol. The first-order chi connectivity index (χ1) is 15.8. The highest BCUT2D eigenvalue weighted by Crippen LogP contribution is 2.23. The number of carbonyl (C=O) groups excluding carboxylic acids is 1. The summed E-state index contributed by atoms with van der Waals surface area (Å²) in [5.74, 6) is 0.295. The molecule has 5 rings (SSSR count). The molecule has 1 aromatic carbocycles. The SMILES string of the molecule is O=C(Nc1cccc(CN2CCOCC2)n1)c1cccc2ccc(-c3cccnc3)nc12. The third-order valence-corrected chi connectivity index (χ3v) is 5.46. The predicted octanol–water partition coefficient (Wildman–Crippen LogP) is 3.78. The van der Waals surface area contributed by atoms with Gasteiger partial charge in [-0.25, -0.2) is 9.97 Å². The number of nitrogens with one attached hydrogen (secondary N) is 1. The maximum atomic E-state index is 13.1. The Bertz CT molecular complexity index is 1240. The third kappa shape index (κ3) is 4.49. The number of hydrogen-bond donors (Lipinski definition) is 1. The summed E-state index contributed by atoms with van der Waals surface area (Å²) in [6.07, 6.45) is 3.49. The molecule has 4 aromatic rings. The Kier molecular flexibility index (Phi) is 5.83. The van der Waals surface area contributed by atoms with E-state index < -0.39 is 0 Å². The Morgan fingerprint density at radius 3 is 2.69 bits per heavy atom. The lowest BCUT2D eigenvalue weighted by molar-refractivity contribution is 0.0337. The first-order valence-corrected chi connectivity index (χ1v) is 10.6. The lowest BCUT2D eigenvalue weighted by Crippen LogP contribution is -2.35. The van der Waals surface area contributed by atoms with Crippen LogP contribution in [0.2, 0.25) is 0 Å². The summed E-state index contributed by atoms with van der Waals surface area (Å²) in [7, 11) is 0. The Morgan fingerprint density at radius 2 is 1.84 bits per heavy atom. The van der Waals surface area contributed by atoms with E-state index in [1.54, 1.807) is 24.5 Å². The van der Waals surface area contributed by atoms with Crippen LogP contribution in [0.3, 0.4) is 0 Å². The molecular weight excluding hydrogens is 402 g/mol. The highest BCUT2D eigenvalue weighted by molar-refractivity contribution is 6.11. The topological polar surface area (TPSA) is 80.2 Å². The van der Waals surface area contributed by atoms with Crippen LogP contribution in [-0.4, -0.2) is 52.1 Å². The van der Waals surface area contributed by atoms with E-state index >= 15 is 0 Å². The highest BCUT2D eigenvalue weighted by atomic mass is 16.5. The molecule has 3 aromatic heterocycles. The van der Waals surface area contributed by atoms with Crippen LogP contribution >= 0.6 is 0 Å². The number of nitrogens with zero attached hydrogens (tertiary/aromatic N) is 4. The molecule has 7 nitrogen and oxygen atoms in total. The fourth-order valence-corrected chi connectivity index (χ4v) is 3.81. The number of morpholine rings is 1. The van der Waals surface area contributed by atoms with Crippen molar-refractivity contribution < 1.29 is 9.53 Å². The van der Waals surface area contributed by atoms with Crippen LogP contribution in [0.5, 0.6) is 0 Å². The number of fused-ring (bicyclic) bond motifs is 1. The summed E-state index contributed by atoms with van der Waals surface area (Å²) in [5, 5.41) is 3.84. The smallest absolute Gasteiger partial charge is 0.259 e. The monoisotopic (exact) mass is 425 g/mol. The van der Waals surface area contributed by atoms with Gasteiger partial charge >= 0.3 is 0 Å². The number of rotatable bonds is 5. The van der Waals surface area contributed by atoms with E-state index in [1.807, 2.05) is 48.5 Å². The molecule has 0 spiro atoms. The molecule has 160 valence electrons. The second kappa shape index (κ2) is 9.21. The molecule has 1 N–H and O–H groups in total. The summed E-state index contributed by atoms with van der Waals surface area (Å²) >= 11 is 0. The summed E-state index contributed by atoms with van der Waals surface area (Å²) in [6.45, 7) is 3.99. The minimum Gasteiger partial charge on any atom is -0.379 e. The molecule has 4 heterocycles. The van der Waals surface area contributed by atoms with Crippen molar-refractivity contribution in [2.45, 2.75) is 6.54 Å². The molecule has 0 unspecified atom stereocenters. The van der Waals surface area contributed by atoms with Gasteiger partial charge in [0.05, 0.1) is 35.7 Å². The molecule has 32 heavy (non-hydrogen) atoms. The molecule has 0 atom stereocenters. The standard InChI is InChI=1S/C25H23N5O2/c31-25(29-23-8-2-6-20(27-23)17-30-12-14-32-15-13-30)21-7-1-4-18-9-10-22(28-24(18)21)19-5-3-11-26-16-19/h1-11,16H,12-15,17H2,(H,27,29,31). The quantitative estimate of drug-likeness (QED) is 0.524. The van der Waals surface area contributed by atoms with Crippen molar-refractivity contribution in [3.05, 3.63) is 84.3 Å². The van der Waals surface area contributed by atoms with Gasteiger partial charge in [-0.2, -0.15) is 0 Å². The van der Waals surface area contributed by atoms with Gasteiger partial charge in [-0.3, -0.25) is 14.7 Å². The van der Waals surface area contributed by atoms with Crippen molar-refractivity contribution in [2.75, 3.05) is 31.6 Å². The number of pyridine rings is 3. The number of ether oxygens (including phenoxy) is 1. The summed E-state index contributed by atoms with van der Waals surface area (Å²) in [4.78, 5) is 29.0. The van der Waals surface area contributed by atoms with E-state index in [-0.39, 0.29) is 5.91 Å².